The minimum atomic E-state index is -0.641. The molecule has 144 valence electrons. The minimum Gasteiger partial charge on any atom is -0.365 e. The predicted molar refractivity (Wildman–Crippen MR) is 105 cm³/mol. The van der Waals surface area contributed by atoms with Gasteiger partial charge in [0.15, 0.2) is 0 Å². The van der Waals surface area contributed by atoms with E-state index in [0.29, 0.717) is 5.69 Å². The van der Waals surface area contributed by atoms with Crippen LogP contribution < -0.4 is 27.2 Å². The van der Waals surface area contributed by atoms with Crippen molar-refractivity contribution in [3.63, 3.8) is 0 Å². The quantitative estimate of drug-likeness (QED) is 0.439. The number of H-pyrrole nitrogens is 1. The second-order valence-electron chi connectivity index (χ2n) is 6.53. The molecule has 2 aromatic heterocycles. The number of carbonyl (C=O) groups is 1. The predicted octanol–water partition coefficient (Wildman–Crippen LogP) is 0.735. The molecule has 0 aliphatic carbocycles. The van der Waals surface area contributed by atoms with Gasteiger partial charge in [-0.2, -0.15) is 4.98 Å². The van der Waals surface area contributed by atoms with Crippen LogP contribution in [0.1, 0.15) is 21.5 Å². The molecule has 0 saturated heterocycles. The average Bonchev–Trinajstić information content (AvgIpc) is 2.99. The van der Waals surface area contributed by atoms with Gasteiger partial charge < -0.3 is 21.7 Å². The van der Waals surface area contributed by atoms with E-state index < -0.39 is 5.91 Å². The molecule has 28 heavy (non-hydrogen) atoms. The van der Waals surface area contributed by atoms with E-state index in [-0.39, 0.29) is 22.9 Å². The molecule has 0 radical (unpaired) electrons. The monoisotopic (exact) mass is 380 g/mol. The van der Waals surface area contributed by atoms with Gasteiger partial charge in [-0.15, -0.1) is 0 Å². The topological polar surface area (TPSA) is 143 Å². The number of carbonyl (C=O) groups excluding carboxylic acids is 1. The number of fused-ring (bicyclic) bond motifs is 1. The summed E-state index contributed by atoms with van der Waals surface area (Å²) in [5.41, 5.74) is 8.88. The lowest BCUT2D eigenvalue weighted by Crippen LogP contribution is -2.24. The Hall–Kier alpha value is -3.66. The van der Waals surface area contributed by atoms with E-state index in [1.165, 1.54) is 22.0 Å². The number of rotatable bonds is 5. The Kier molecular flexibility index (Phi) is 4.53. The molecular weight excluding hydrogens is 360 g/mol. The van der Waals surface area contributed by atoms with Gasteiger partial charge in [0.1, 0.15) is 17.1 Å². The van der Waals surface area contributed by atoms with Gasteiger partial charge >= 0.3 is 0 Å². The number of nitrogens with zero attached hydrogens (tertiary/aromatic N) is 3. The Labute approximate surface area is 160 Å². The summed E-state index contributed by atoms with van der Waals surface area (Å²) >= 11 is 0. The van der Waals surface area contributed by atoms with Gasteiger partial charge in [0.2, 0.25) is 5.95 Å². The van der Waals surface area contributed by atoms with Crippen molar-refractivity contribution in [1.82, 2.24) is 25.1 Å². The molecule has 0 fully saturated rings. The molecule has 10 nitrogen and oxygen atoms in total. The van der Waals surface area contributed by atoms with Crippen molar-refractivity contribution in [3.05, 3.63) is 57.6 Å². The van der Waals surface area contributed by atoms with Crippen LogP contribution >= 0.6 is 0 Å². The number of benzene rings is 1. The normalized spacial score (nSPS) is 13.0. The molecule has 3 aromatic rings. The zero-order valence-corrected chi connectivity index (χ0v) is 15.2. The van der Waals surface area contributed by atoms with Gasteiger partial charge in [0.05, 0.1) is 6.20 Å². The van der Waals surface area contributed by atoms with Crippen LogP contribution in [0, 0.1) is 0 Å². The first-order valence-electron chi connectivity index (χ1n) is 8.79. The highest BCUT2D eigenvalue weighted by atomic mass is 16.1. The Morgan fingerprint density at radius 3 is 2.89 bits per heavy atom. The number of nitrogens with one attached hydrogen (secondary N) is 4. The lowest BCUT2D eigenvalue weighted by molar-refractivity contribution is 0.100. The summed E-state index contributed by atoms with van der Waals surface area (Å²) in [6, 6.07) is 5.95. The highest BCUT2D eigenvalue weighted by molar-refractivity contribution is 5.98. The number of amides is 1. The molecule has 1 aromatic carbocycles. The molecule has 1 aliphatic rings. The first-order valence-corrected chi connectivity index (χ1v) is 8.79. The summed E-state index contributed by atoms with van der Waals surface area (Å²) in [5.74, 6) is -0.182. The fraction of sp³-hybridized carbons (Fsp3) is 0.222. The van der Waals surface area contributed by atoms with Crippen molar-refractivity contribution in [1.29, 1.82) is 0 Å². The molecule has 4 rings (SSSR count). The van der Waals surface area contributed by atoms with Crippen molar-refractivity contribution in [2.24, 2.45) is 12.8 Å². The first-order chi connectivity index (χ1) is 13.5. The van der Waals surface area contributed by atoms with Gasteiger partial charge in [-0.25, -0.2) is 4.98 Å². The van der Waals surface area contributed by atoms with Crippen molar-refractivity contribution in [2.75, 3.05) is 17.2 Å². The maximum Gasteiger partial charge on any atom is 0.287 e. The van der Waals surface area contributed by atoms with Crippen LogP contribution in [0.2, 0.25) is 0 Å². The first kappa shape index (κ1) is 17.7. The van der Waals surface area contributed by atoms with E-state index in [2.05, 4.69) is 37.1 Å². The second-order valence-corrected chi connectivity index (χ2v) is 6.53. The molecule has 1 aliphatic heterocycles. The van der Waals surface area contributed by atoms with Crippen molar-refractivity contribution in [3.8, 4) is 0 Å². The highest BCUT2D eigenvalue weighted by Gasteiger charge is 2.17. The average molecular weight is 380 g/mol. The van der Waals surface area contributed by atoms with Gasteiger partial charge in [-0.3, -0.25) is 19.4 Å². The van der Waals surface area contributed by atoms with E-state index in [9.17, 15) is 9.59 Å². The van der Waals surface area contributed by atoms with Crippen molar-refractivity contribution in [2.45, 2.75) is 13.0 Å². The van der Waals surface area contributed by atoms with Crippen LogP contribution in [0.15, 0.2) is 35.4 Å². The number of hydrogen-bond donors (Lipinski definition) is 5. The summed E-state index contributed by atoms with van der Waals surface area (Å²) in [6.45, 7) is 1.67. The number of aryl methyl sites for hydroxylation is 1. The van der Waals surface area contributed by atoms with Crippen LogP contribution in [-0.2, 0) is 20.0 Å². The van der Waals surface area contributed by atoms with E-state index >= 15 is 0 Å². The van der Waals surface area contributed by atoms with Gasteiger partial charge in [-0.1, -0.05) is 12.1 Å². The number of primary amides is 1. The molecule has 1 amide bonds. The van der Waals surface area contributed by atoms with Crippen LogP contribution in [0.4, 0.5) is 23.1 Å². The van der Waals surface area contributed by atoms with Crippen LogP contribution in [0.3, 0.4) is 0 Å². The molecular formula is C18H20N8O2. The van der Waals surface area contributed by atoms with Crippen molar-refractivity contribution >= 4 is 29.0 Å². The summed E-state index contributed by atoms with van der Waals surface area (Å²) in [7, 11) is 1.70. The smallest absolute Gasteiger partial charge is 0.287 e. The molecule has 6 N–H and O–H groups in total. The number of aromatic amines is 1. The Morgan fingerprint density at radius 1 is 1.29 bits per heavy atom. The molecule has 0 bridgehead atoms. The number of hydrogen-bond acceptors (Lipinski definition) is 7. The number of aromatic nitrogens is 4. The summed E-state index contributed by atoms with van der Waals surface area (Å²) in [6.07, 6.45) is 3.79. The zero-order valence-electron chi connectivity index (χ0n) is 15.2. The molecule has 0 spiro atoms. The maximum atomic E-state index is 11.9. The highest BCUT2D eigenvalue weighted by Crippen LogP contribution is 2.27. The summed E-state index contributed by atoms with van der Waals surface area (Å²) in [4.78, 5) is 32.2. The van der Waals surface area contributed by atoms with E-state index in [1.807, 2.05) is 12.1 Å². The van der Waals surface area contributed by atoms with Gasteiger partial charge in [0, 0.05) is 25.5 Å². The SMILES string of the molecule is Cn1cc(Nc2ncc(C(N)=O)c(Nc3cccc4c3CCNC4)n2)c(=O)[nH]1. The standard InChI is InChI=1S/C18H20N8O2/c1-26-9-14(17(28)25-26)23-18-21-8-12(15(19)27)16(24-18)22-13-4-2-3-10-7-20-6-5-11(10)13/h2-4,8-9,20H,5-7H2,1H3,(H2,19,27)(H,25,28)(H2,21,22,23,24). The molecule has 3 heterocycles. The molecule has 0 unspecified atom stereocenters. The Morgan fingerprint density at radius 2 is 2.14 bits per heavy atom. The van der Waals surface area contributed by atoms with Crippen LogP contribution in [0.5, 0.6) is 0 Å². The summed E-state index contributed by atoms with van der Waals surface area (Å²) < 4.78 is 1.52. The Bertz CT molecular complexity index is 1100. The number of anilines is 4. The van der Waals surface area contributed by atoms with Crippen LogP contribution in [0.25, 0.3) is 0 Å². The molecule has 10 heteroatoms. The number of nitrogens with two attached hydrogens (primary N) is 1. The molecule has 0 saturated carbocycles. The largest absolute Gasteiger partial charge is 0.365 e. The Balaban J connectivity index is 1.70. The fourth-order valence-corrected chi connectivity index (χ4v) is 3.21. The van der Waals surface area contributed by atoms with E-state index in [4.69, 9.17) is 5.73 Å². The third-order valence-electron chi connectivity index (χ3n) is 4.54. The van der Waals surface area contributed by atoms with Crippen LogP contribution in [-0.4, -0.2) is 32.2 Å². The minimum absolute atomic E-state index is 0.166. The third-order valence-corrected chi connectivity index (χ3v) is 4.54. The lowest BCUT2D eigenvalue weighted by atomic mass is 9.99. The van der Waals surface area contributed by atoms with Gasteiger partial charge in [0.25, 0.3) is 11.5 Å². The van der Waals surface area contributed by atoms with Crippen molar-refractivity contribution < 1.29 is 4.79 Å². The van der Waals surface area contributed by atoms with E-state index in [0.717, 1.165) is 25.2 Å². The molecule has 0 atom stereocenters. The maximum absolute atomic E-state index is 11.9. The second kappa shape index (κ2) is 7.16. The fourth-order valence-electron chi connectivity index (χ4n) is 3.21. The lowest BCUT2D eigenvalue weighted by Gasteiger charge is -2.21. The van der Waals surface area contributed by atoms with E-state index in [1.54, 1.807) is 13.2 Å². The third kappa shape index (κ3) is 3.45. The van der Waals surface area contributed by atoms with Gasteiger partial charge in [-0.05, 0) is 30.2 Å². The zero-order chi connectivity index (χ0) is 19.7. The summed E-state index contributed by atoms with van der Waals surface area (Å²) in [5, 5.41) is 12.0.